The number of nitrogens with zero attached hydrogens (tertiary/aromatic N) is 4. The third-order valence-electron chi connectivity index (χ3n) is 6.89. The molecule has 1 N–H and O–H groups in total. The summed E-state index contributed by atoms with van der Waals surface area (Å²) in [5, 5.41) is 7.30. The van der Waals surface area contributed by atoms with Crippen LogP contribution in [0.2, 0.25) is 0 Å². The third kappa shape index (κ3) is 6.39. The summed E-state index contributed by atoms with van der Waals surface area (Å²) in [6, 6.07) is 8.12. The highest BCUT2D eigenvalue weighted by atomic mass is 16.5. The van der Waals surface area contributed by atoms with Crippen LogP contribution in [-0.2, 0) is 11.3 Å². The first-order valence-electron chi connectivity index (χ1n) is 12.2. The fraction of sp³-hybridized carbons (Fsp3) is 0.640. The van der Waals surface area contributed by atoms with Crippen molar-refractivity contribution in [2.75, 3.05) is 39.3 Å². The highest BCUT2D eigenvalue weighted by Gasteiger charge is 2.26. The normalized spacial score (nSPS) is 19.3. The van der Waals surface area contributed by atoms with E-state index in [1.165, 1.54) is 31.5 Å². The lowest BCUT2D eigenvalue weighted by Gasteiger charge is -2.31. The van der Waals surface area contributed by atoms with E-state index in [2.05, 4.69) is 51.2 Å². The minimum absolute atomic E-state index is 0.118. The lowest BCUT2D eigenvalue weighted by molar-refractivity contribution is -0.126. The molecule has 1 aromatic carbocycles. The van der Waals surface area contributed by atoms with Gasteiger partial charge in [0.25, 0.3) is 0 Å². The number of carbonyl (C=O) groups excluding carboxylic acids is 1. The Balaban J connectivity index is 1.14. The Labute approximate surface area is 191 Å². The molecule has 7 nitrogen and oxygen atoms in total. The largest absolute Gasteiger partial charge is 0.356 e. The molecule has 0 bridgehead atoms. The average molecular weight is 440 g/mol. The van der Waals surface area contributed by atoms with E-state index in [1.54, 1.807) is 0 Å². The maximum absolute atomic E-state index is 12.6. The van der Waals surface area contributed by atoms with Crippen molar-refractivity contribution >= 4 is 5.91 Å². The van der Waals surface area contributed by atoms with Crippen molar-refractivity contribution in [2.24, 2.45) is 11.8 Å². The third-order valence-corrected chi connectivity index (χ3v) is 6.89. The summed E-state index contributed by atoms with van der Waals surface area (Å²) in [6.45, 7) is 11.1. The maximum Gasteiger partial charge on any atom is 0.241 e. The topological polar surface area (TPSA) is 74.5 Å². The second-order valence-corrected chi connectivity index (χ2v) is 9.60. The van der Waals surface area contributed by atoms with Gasteiger partial charge in [0, 0.05) is 18.0 Å². The minimum atomic E-state index is 0.118. The lowest BCUT2D eigenvalue weighted by Crippen LogP contribution is -2.41. The zero-order valence-electron chi connectivity index (χ0n) is 19.6. The van der Waals surface area contributed by atoms with Gasteiger partial charge in [0.2, 0.25) is 17.6 Å². The van der Waals surface area contributed by atoms with E-state index in [0.29, 0.717) is 18.3 Å². The molecule has 4 rings (SSSR count). The molecule has 0 radical (unpaired) electrons. The van der Waals surface area contributed by atoms with Crippen LogP contribution in [-0.4, -0.2) is 65.1 Å². The molecule has 0 aliphatic carbocycles. The quantitative estimate of drug-likeness (QED) is 0.635. The highest BCUT2D eigenvalue weighted by molar-refractivity contribution is 5.78. The Bertz CT molecular complexity index is 867. The molecule has 0 unspecified atom stereocenters. The van der Waals surface area contributed by atoms with Crippen LogP contribution in [0.4, 0.5) is 0 Å². The molecule has 3 heterocycles. The van der Waals surface area contributed by atoms with E-state index in [0.717, 1.165) is 56.9 Å². The summed E-state index contributed by atoms with van der Waals surface area (Å²) in [5.74, 6) is 2.48. The fourth-order valence-electron chi connectivity index (χ4n) is 4.71. The van der Waals surface area contributed by atoms with Crippen LogP contribution < -0.4 is 5.32 Å². The molecular formula is C25H37N5O2. The van der Waals surface area contributed by atoms with E-state index in [4.69, 9.17) is 4.52 Å². The molecule has 1 amide bonds. The fourth-order valence-corrected chi connectivity index (χ4v) is 4.71. The van der Waals surface area contributed by atoms with E-state index >= 15 is 0 Å². The Morgan fingerprint density at radius 2 is 1.88 bits per heavy atom. The standard InChI is InChI=1S/C25H37N5O2/c1-19-7-13-29(14-8-19)12-4-11-26-25(31)21-9-15-30(16-10-21)18-23-27-24(28-32-23)22-6-3-5-20(2)17-22/h3,5-6,17,19,21H,4,7-16,18H2,1-2H3,(H,26,31). The van der Waals surface area contributed by atoms with Crippen molar-refractivity contribution in [2.45, 2.75) is 52.5 Å². The van der Waals surface area contributed by atoms with Crippen molar-refractivity contribution in [3.63, 3.8) is 0 Å². The number of amides is 1. The van der Waals surface area contributed by atoms with Crippen molar-refractivity contribution in [3.05, 3.63) is 35.7 Å². The molecule has 2 saturated heterocycles. The summed E-state index contributed by atoms with van der Waals surface area (Å²) in [5.41, 5.74) is 2.15. The maximum atomic E-state index is 12.6. The van der Waals surface area contributed by atoms with Crippen LogP contribution in [0, 0.1) is 18.8 Å². The number of hydrogen-bond donors (Lipinski definition) is 1. The van der Waals surface area contributed by atoms with Gasteiger partial charge >= 0.3 is 0 Å². The van der Waals surface area contributed by atoms with Gasteiger partial charge < -0.3 is 14.7 Å². The minimum Gasteiger partial charge on any atom is -0.356 e. The number of aromatic nitrogens is 2. The molecule has 2 aromatic rings. The monoisotopic (exact) mass is 439 g/mol. The van der Waals surface area contributed by atoms with Crippen LogP contribution in [0.3, 0.4) is 0 Å². The Hall–Kier alpha value is -2.25. The van der Waals surface area contributed by atoms with Crippen molar-refractivity contribution in [3.8, 4) is 11.4 Å². The SMILES string of the molecule is Cc1cccc(-c2noc(CN3CCC(C(=O)NCCCN4CCC(C)CC4)CC3)n2)c1. The Morgan fingerprint density at radius 3 is 2.62 bits per heavy atom. The number of aryl methyl sites for hydroxylation is 1. The Kier molecular flexibility index (Phi) is 7.92. The first-order valence-corrected chi connectivity index (χ1v) is 12.2. The zero-order valence-corrected chi connectivity index (χ0v) is 19.6. The second kappa shape index (κ2) is 11.1. The van der Waals surface area contributed by atoms with Crippen molar-refractivity contribution < 1.29 is 9.32 Å². The van der Waals surface area contributed by atoms with Gasteiger partial charge in [-0.1, -0.05) is 35.8 Å². The number of piperidine rings is 2. The number of rotatable bonds is 8. The summed E-state index contributed by atoms with van der Waals surface area (Å²) in [7, 11) is 0. The van der Waals surface area contributed by atoms with E-state index in [-0.39, 0.29) is 11.8 Å². The first kappa shape index (κ1) is 22.9. The molecule has 174 valence electrons. The van der Waals surface area contributed by atoms with Crippen LogP contribution in [0.15, 0.2) is 28.8 Å². The van der Waals surface area contributed by atoms with Gasteiger partial charge in [0.15, 0.2) is 0 Å². The number of carbonyl (C=O) groups is 1. The second-order valence-electron chi connectivity index (χ2n) is 9.60. The number of likely N-dealkylation sites (tertiary alicyclic amines) is 2. The van der Waals surface area contributed by atoms with E-state index in [1.807, 2.05) is 12.1 Å². The number of hydrogen-bond acceptors (Lipinski definition) is 6. The van der Waals surface area contributed by atoms with Gasteiger partial charge in [-0.15, -0.1) is 0 Å². The van der Waals surface area contributed by atoms with Crippen molar-refractivity contribution in [1.82, 2.24) is 25.3 Å². The van der Waals surface area contributed by atoms with Gasteiger partial charge in [0.05, 0.1) is 6.54 Å². The van der Waals surface area contributed by atoms with Crippen LogP contribution in [0.1, 0.15) is 50.5 Å². The Morgan fingerprint density at radius 1 is 1.12 bits per heavy atom. The van der Waals surface area contributed by atoms with E-state index < -0.39 is 0 Å². The molecule has 0 spiro atoms. The predicted molar refractivity (Wildman–Crippen MR) is 125 cm³/mol. The average Bonchev–Trinajstić information content (AvgIpc) is 3.27. The van der Waals surface area contributed by atoms with Crippen LogP contribution in [0.25, 0.3) is 11.4 Å². The number of nitrogens with one attached hydrogen (secondary N) is 1. The molecular weight excluding hydrogens is 402 g/mol. The molecule has 0 saturated carbocycles. The lowest BCUT2D eigenvalue weighted by atomic mass is 9.96. The first-order chi connectivity index (χ1) is 15.6. The summed E-state index contributed by atoms with van der Waals surface area (Å²) < 4.78 is 5.47. The molecule has 32 heavy (non-hydrogen) atoms. The summed E-state index contributed by atoms with van der Waals surface area (Å²) >= 11 is 0. The van der Waals surface area contributed by atoms with Gasteiger partial charge in [-0.3, -0.25) is 9.69 Å². The highest BCUT2D eigenvalue weighted by Crippen LogP contribution is 2.21. The van der Waals surface area contributed by atoms with Gasteiger partial charge in [-0.2, -0.15) is 4.98 Å². The molecule has 1 aromatic heterocycles. The molecule has 0 atom stereocenters. The number of benzene rings is 1. The van der Waals surface area contributed by atoms with Gasteiger partial charge in [-0.25, -0.2) is 0 Å². The van der Waals surface area contributed by atoms with Crippen molar-refractivity contribution in [1.29, 1.82) is 0 Å². The summed E-state index contributed by atoms with van der Waals surface area (Å²) in [6.07, 6.45) is 5.42. The smallest absolute Gasteiger partial charge is 0.241 e. The molecule has 2 aliphatic heterocycles. The summed E-state index contributed by atoms with van der Waals surface area (Å²) in [4.78, 5) is 22.0. The van der Waals surface area contributed by atoms with Gasteiger partial charge in [0.1, 0.15) is 0 Å². The zero-order chi connectivity index (χ0) is 22.3. The molecule has 7 heteroatoms. The van der Waals surface area contributed by atoms with Crippen LogP contribution >= 0.6 is 0 Å². The van der Waals surface area contributed by atoms with Gasteiger partial charge in [-0.05, 0) is 83.7 Å². The predicted octanol–water partition coefficient (Wildman–Crippen LogP) is 3.50. The molecule has 2 fully saturated rings. The van der Waals surface area contributed by atoms with Crippen LogP contribution in [0.5, 0.6) is 0 Å². The van der Waals surface area contributed by atoms with E-state index in [9.17, 15) is 4.79 Å². The molecule has 2 aliphatic rings.